The lowest BCUT2D eigenvalue weighted by molar-refractivity contribution is 0.228. The van der Waals surface area contributed by atoms with E-state index >= 15 is 0 Å². The first-order chi connectivity index (χ1) is 8.90. The van der Waals surface area contributed by atoms with Gasteiger partial charge in [-0.3, -0.25) is 0 Å². The Bertz CT molecular complexity index is 419. The lowest BCUT2D eigenvalue weighted by Gasteiger charge is -2.18. The number of hydrogen-bond acceptors (Lipinski definition) is 2. The average Bonchev–Trinajstić information content (AvgIpc) is 2.37. The summed E-state index contributed by atoms with van der Waals surface area (Å²) < 4.78 is 0. The number of allylic oxidation sites excluding steroid dienone is 2. The zero-order valence-electron chi connectivity index (χ0n) is 10.7. The van der Waals surface area contributed by atoms with Crippen LogP contribution in [-0.2, 0) is 6.54 Å². The van der Waals surface area contributed by atoms with E-state index in [4.69, 9.17) is 0 Å². The van der Waals surface area contributed by atoms with Crippen molar-refractivity contribution in [2.24, 2.45) is 0 Å². The number of diazo groups is 1. The molecular formula is C15H20N3+. The van der Waals surface area contributed by atoms with Gasteiger partial charge in [-0.2, -0.15) is 0 Å². The Labute approximate surface area is 109 Å². The van der Waals surface area contributed by atoms with Gasteiger partial charge in [0.25, 0.3) is 5.39 Å². The minimum Gasteiger partial charge on any atom is -0.0885 e. The molecule has 18 heavy (non-hydrogen) atoms. The summed E-state index contributed by atoms with van der Waals surface area (Å²) in [5, 5.41) is 14.6. The zero-order valence-corrected chi connectivity index (χ0v) is 10.7. The van der Waals surface area contributed by atoms with E-state index in [2.05, 4.69) is 29.4 Å². The fourth-order valence-corrected chi connectivity index (χ4v) is 2.44. The first kappa shape index (κ1) is 12.6. The van der Waals surface area contributed by atoms with Crippen molar-refractivity contribution in [1.82, 2.24) is 5.01 Å². The van der Waals surface area contributed by atoms with Crippen LogP contribution in [0.1, 0.15) is 37.7 Å². The van der Waals surface area contributed by atoms with E-state index in [9.17, 15) is 5.39 Å². The molecule has 0 aromatic heterocycles. The molecule has 1 aliphatic carbocycles. The highest BCUT2D eigenvalue weighted by Gasteiger charge is 2.26. The van der Waals surface area contributed by atoms with Gasteiger partial charge in [0, 0.05) is 0 Å². The zero-order chi connectivity index (χ0) is 12.6. The van der Waals surface area contributed by atoms with Crippen LogP contribution in [-0.4, -0.2) is 11.1 Å². The standard InChI is InChI=1S/C15H20N3/c16-17-18(13-14-9-5-4-6-10-14)15-11-7-2-1-3-8-12-15/h1-2,4-6,9-10,15H,3,7-8,11-13H2/q+1/b2-1-. The molecule has 0 aliphatic heterocycles. The predicted molar refractivity (Wildman–Crippen MR) is 73.1 cm³/mol. The highest BCUT2D eigenvalue weighted by Crippen LogP contribution is 2.20. The third kappa shape index (κ3) is 3.59. The van der Waals surface area contributed by atoms with Gasteiger partial charge in [-0.25, -0.2) is 0 Å². The quantitative estimate of drug-likeness (QED) is 0.453. The fraction of sp³-hybridized carbons (Fsp3) is 0.467. The molecule has 0 saturated carbocycles. The Kier molecular flexibility index (Phi) is 4.78. The van der Waals surface area contributed by atoms with Crippen LogP contribution >= 0.6 is 0 Å². The third-order valence-corrected chi connectivity index (χ3v) is 3.47. The second-order valence-corrected chi connectivity index (χ2v) is 4.81. The Balaban J connectivity index is 1.99. The number of hydrogen-bond donors (Lipinski definition) is 0. The van der Waals surface area contributed by atoms with E-state index in [0.29, 0.717) is 12.6 Å². The SMILES string of the molecule is N#[N+]N(Cc1ccccc1)C1CC/C=C\CCC1. The van der Waals surface area contributed by atoms with Gasteiger partial charge in [-0.15, -0.1) is 0 Å². The summed E-state index contributed by atoms with van der Waals surface area (Å²) in [5.41, 5.74) is 1.19. The van der Waals surface area contributed by atoms with E-state index in [1.54, 1.807) is 0 Å². The van der Waals surface area contributed by atoms with Crippen molar-refractivity contribution in [3.8, 4) is 0 Å². The van der Waals surface area contributed by atoms with Crippen LogP contribution in [0.5, 0.6) is 0 Å². The molecule has 94 valence electrons. The second-order valence-electron chi connectivity index (χ2n) is 4.81. The molecule has 0 heterocycles. The van der Waals surface area contributed by atoms with Gasteiger partial charge < -0.3 is 0 Å². The van der Waals surface area contributed by atoms with Gasteiger partial charge in [-0.05, 0) is 42.7 Å². The molecule has 0 amide bonds. The molecule has 1 aromatic rings. The van der Waals surface area contributed by atoms with Crippen LogP contribution < -0.4 is 0 Å². The molecule has 1 aliphatic rings. The van der Waals surface area contributed by atoms with Crippen LogP contribution in [0.15, 0.2) is 42.5 Å². The largest absolute Gasteiger partial charge is 0.306 e. The molecule has 0 bridgehead atoms. The van der Waals surface area contributed by atoms with E-state index in [1.807, 2.05) is 23.2 Å². The molecule has 0 fully saturated rings. The summed E-state index contributed by atoms with van der Waals surface area (Å²) in [7, 11) is 0. The maximum absolute atomic E-state index is 9.23. The Morgan fingerprint density at radius 3 is 2.67 bits per heavy atom. The van der Waals surface area contributed by atoms with Gasteiger partial charge in [0.05, 0.1) is 0 Å². The molecule has 3 nitrogen and oxygen atoms in total. The van der Waals surface area contributed by atoms with E-state index in [1.165, 1.54) is 12.0 Å². The van der Waals surface area contributed by atoms with Crippen molar-refractivity contribution < 1.29 is 0 Å². The van der Waals surface area contributed by atoms with Gasteiger partial charge in [-0.1, -0.05) is 42.5 Å². The van der Waals surface area contributed by atoms with Crippen molar-refractivity contribution in [2.75, 3.05) is 0 Å². The minimum absolute atomic E-state index is 0.347. The summed E-state index contributed by atoms with van der Waals surface area (Å²) in [4.78, 5) is 0. The molecule has 0 N–H and O–H groups in total. The fourth-order valence-electron chi connectivity index (χ4n) is 2.44. The highest BCUT2D eigenvalue weighted by molar-refractivity contribution is 5.14. The Hall–Kier alpha value is -1.82. The van der Waals surface area contributed by atoms with E-state index in [-0.39, 0.29) is 0 Å². The van der Waals surface area contributed by atoms with Crippen LogP contribution in [0, 0.1) is 5.39 Å². The van der Waals surface area contributed by atoms with Crippen molar-refractivity contribution in [2.45, 2.75) is 44.7 Å². The summed E-state index contributed by atoms with van der Waals surface area (Å²) in [6, 6.07) is 10.5. The van der Waals surface area contributed by atoms with Gasteiger partial charge >= 0.3 is 5.08 Å². The smallest absolute Gasteiger partial charge is 0.0885 e. The summed E-state index contributed by atoms with van der Waals surface area (Å²) >= 11 is 0. The van der Waals surface area contributed by atoms with Crippen molar-refractivity contribution >= 4 is 0 Å². The van der Waals surface area contributed by atoms with E-state index in [0.717, 1.165) is 25.7 Å². The van der Waals surface area contributed by atoms with Crippen molar-refractivity contribution in [3.63, 3.8) is 0 Å². The molecule has 1 unspecified atom stereocenters. The summed E-state index contributed by atoms with van der Waals surface area (Å²) in [6.45, 7) is 0.686. The van der Waals surface area contributed by atoms with Crippen LogP contribution in [0.4, 0.5) is 0 Å². The Morgan fingerprint density at radius 2 is 1.89 bits per heavy atom. The maximum Gasteiger partial charge on any atom is 0.306 e. The van der Waals surface area contributed by atoms with Gasteiger partial charge in [0.2, 0.25) is 0 Å². The first-order valence-corrected chi connectivity index (χ1v) is 6.70. The normalized spacial score (nSPS) is 21.4. The minimum atomic E-state index is 0.347. The molecule has 0 radical (unpaired) electrons. The monoisotopic (exact) mass is 242 g/mol. The lowest BCUT2D eigenvalue weighted by atomic mass is 10.00. The predicted octanol–water partition coefficient (Wildman–Crippen LogP) is 4.15. The average molecular weight is 242 g/mol. The van der Waals surface area contributed by atoms with Gasteiger partial charge in [0.1, 0.15) is 12.6 Å². The lowest BCUT2D eigenvalue weighted by Crippen LogP contribution is -2.29. The molecule has 2 rings (SSSR count). The summed E-state index contributed by atoms with van der Waals surface area (Å²) in [6.07, 6.45) is 10.0. The number of benzene rings is 1. The molecule has 1 aromatic carbocycles. The molecule has 3 heteroatoms. The van der Waals surface area contributed by atoms with Crippen molar-refractivity contribution in [3.05, 3.63) is 53.1 Å². The third-order valence-electron chi connectivity index (χ3n) is 3.47. The van der Waals surface area contributed by atoms with Crippen LogP contribution in [0.2, 0.25) is 0 Å². The molecule has 0 saturated heterocycles. The molecule has 1 atom stereocenters. The first-order valence-electron chi connectivity index (χ1n) is 6.70. The highest BCUT2D eigenvalue weighted by atomic mass is 15.5. The Morgan fingerprint density at radius 1 is 1.11 bits per heavy atom. The molecular weight excluding hydrogens is 222 g/mol. The topological polar surface area (TPSA) is 31.4 Å². The number of nitrogens with zero attached hydrogens (tertiary/aromatic N) is 3. The van der Waals surface area contributed by atoms with Crippen molar-refractivity contribution in [1.29, 1.82) is 5.39 Å². The van der Waals surface area contributed by atoms with E-state index < -0.39 is 0 Å². The number of rotatable bonds is 3. The second kappa shape index (κ2) is 6.80. The summed E-state index contributed by atoms with van der Waals surface area (Å²) in [5.74, 6) is 0. The van der Waals surface area contributed by atoms with Gasteiger partial charge in [0.15, 0.2) is 0 Å². The van der Waals surface area contributed by atoms with Crippen LogP contribution in [0.25, 0.3) is 5.08 Å². The van der Waals surface area contributed by atoms with Crippen LogP contribution in [0.3, 0.4) is 0 Å². The molecule has 0 spiro atoms. The maximum atomic E-state index is 9.23.